The molecule has 32 heavy (non-hydrogen) atoms. The lowest BCUT2D eigenvalue weighted by Gasteiger charge is -2.28. The van der Waals surface area contributed by atoms with E-state index in [2.05, 4.69) is 9.62 Å². The molecule has 1 atom stereocenters. The van der Waals surface area contributed by atoms with Crippen LogP contribution in [0.25, 0.3) is 0 Å². The van der Waals surface area contributed by atoms with Crippen LogP contribution in [0.5, 0.6) is 0 Å². The molecule has 0 spiro atoms. The first-order valence-electron chi connectivity index (χ1n) is 10.3. The highest BCUT2D eigenvalue weighted by Gasteiger charge is 2.36. The van der Waals surface area contributed by atoms with Gasteiger partial charge in [0.2, 0.25) is 26.0 Å². The van der Waals surface area contributed by atoms with Gasteiger partial charge >= 0.3 is 0 Å². The first-order chi connectivity index (χ1) is 15.2. The summed E-state index contributed by atoms with van der Waals surface area (Å²) in [6, 6.07) is 11.0. The van der Waals surface area contributed by atoms with Crippen LogP contribution in [0.2, 0.25) is 0 Å². The minimum atomic E-state index is -3.89. The molecular weight excluding hydrogens is 457 g/mol. The van der Waals surface area contributed by atoms with E-state index in [1.165, 1.54) is 36.4 Å². The second kappa shape index (κ2) is 8.89. The number of amides is 1. The van der Waals surface area contributed by atoms with Gasteiger partial charge in [0.25, 0.3) is 0 Å². The third kappa shape index (κ3) is 4.70. The molecule has 0 unspecified atom stereocenters. The first-order valence-corrected chi connectivity index (χ1v) is 13.4. The zero-order chi connectivity index (χ0) is 22.9. The molecule has 0 saturated carbocycles. The van der Waals surface area contributed by atoms with Crippen molar-refractivity contribution in [2.24, 2.45) is 0 Å². The van der Waals surface area contributed by atoms with Gasteiger partial charge in [0, 0.05) is 19.0 Å². The van der Waals surface area contributed by atoms with E-state index in [1.807, 2.05) is 0 Å². The highest BCUT2D eigenvalue weighted by atomic mass is 32.2. The van der Waals surface area contributed by atoms with Crippen molar-refractivity contribution in [2.45, 2.75) is 30.2 Å². The standard InChI is InChI=1S/C21H24FN3O5S2/c22-17-5-3-16(4-6-17)20(24-12-1-2-13-24)15-23-32(29,30)19-9-7-18(8-10-19)25-21(26)11-14-31(25,27)28/h3-10,20,23H,1-2,11-15H2/t20-/m0/s1. The van der Waals surface area contributed by atoms with Crippen LogP contribution in [-0.2, 0) is 24.8 Å². The number of sulfonamides is 2. The van der Waals surface area contributed by atoms with Crippen LogP contribution in [0.1, 0.15) is 30.9 Å². The van der Waals surface area contributed by atoms with E-state index in [0.717, 1.165) is 35.8 Å². The number of benzene rings is 2. The van der Waals surface area contributed by atoms with Gasteiger partial charge in [0.1, 0.15) is 5.82 Å². The van der Waals surface area contributed by atoms with Crippen LogP contribution in [0.15, 0.2) is 53.4 Å². The highest BCUT2D eigenvalue weighted by molar-refractivity contribution is 7.94. The van der Waals surface area contributed by atoms with Gasteiger partial charge in [-0.2, -0.15) is 0 Å². The molecule has 2 aliphatic rings. The molecule has 2 aliphatic heterocycles. The number of anilines is 1. The average Bonchev–Trinajstić information content (AvgIpc) is 3.37. The molecule has 172 valence electrons. The Kier molecular flexibility index (Phi) is 6.35. The fourth-order valence-corrected chi connectivity index (χ4v) is 6.60. The molecule has 1 N–H and O–H groups in total. The Morgan fingerprint density at radius 2 is 1.62 bits per heavy atom. The van der Waals surface area contributed by atoms with E-state index >= 15 is 0 Å². The van der Waals surface area contributed by atoms with Crippen molar-refractivity contribution >= 4 is 31.6 Å². The molecule has 4 rings (SSSR count). The number of halogens is 1. The smallest absolute Gasteiger partial charge is 0.242 e. The number of likely N-dealkylation sites (tertiary alicyclic amines) is 1. The summed E-state index contributed by atoms with van der Waals surface area (Å²) in [6.45, 7) is 1.77. The van der Waals surface area contributed by atoms with Crippen LogP contribution < -0.4 is 9.03 Å². The number of nitrogens with one attached hydrogen (secondary N) is 1. The number of carbonyl (C=O) groups excluding carboxylic acids is 1. The second-order valence-corrected chi connectivity index (χ2v) is 11.6. The van der Waals surface area contributed by atoms with Crippen LogP contribution >= 0.6 is 0 Å². The molecule has 2 aromatic rings. The molecule has 8 nitrogen and oxygen atoms in total. The Balaban J connectivity index is 1.51. The number of nitrogens with zero attached hydrogens (tertiary/aromatic N) is 2. The molecule has 2 saturated heterocycles. The lowest BCUT2D eigenvalue weighted by Crippen LogP contribution is -2.36. The van der Waals surface area contributed by atoms with E-state index in [1.54, 1.807) is 12.1 Å². The lowest BCUT2D eigenvalue weighted by atomic mass is 10.1. The summed E-state index contributed by atoms with van der Waals surface area (Å²) in [7, 11) is -7.60. The summed E-state index contributed by atoms with van der Waals surface area (Å²) in [4.78, 5) is 14.1. The maximum Gasteiger partial charge on any atom is 0.242 e. The van der Waals surface area contributed by atoms with Gasteiger partial charge in [-0.05, 0) is 67.9 Å². The predicted molar refractivity (Wildman–Crippen MR) is 117 cm³/mol. The van der Waals surface area contributed by atoms with E-state index in [4.69, 9.17) is 0 Å². The van der Waals surface area contributed by atoms with Gasteiger partial charge in [-0.3, -0.25) is 9.69 Å². The summed E-state index contributed by atoms with van der Waals surface area (Å²) < 4.78 is 66.6. The zero-order valence-corrected chi connectivity index (χ0v) is 18.9. The monoisotopic (exact) mass is 481 g/mol. The van der Waals surface area contributed by atoms with Gasteiger partial charge in [-0.15, -0.1) is 0 Å². The maximum absolute atomic E-state index is 13.4. The van der Waals surface area contributed by atoms with Crippen LogP contribution in [0.4, 0.5) is 10.1 Å². The van der Waals surface area contributed by atoms with Crippen molar-refractivity contribution < 1.29 is 26.0 Å². The Morgan fingerprint density at radius 1 is 1.00 bits per heavy atom. The minimum absolute atomic E-state index is 0.0374. The lowest BCUT2D eigenvalue weighted by molar-refractivity contribution is -0.116. The molecule has 2 aromatic carbocycles. The molecule has 0 radical (unpaired) electrons. The van der Waals surface area contributed by atoms with Crippen molar-refractivity contribution in [1.82, 2.24) is 9.62 Å². The molecule has 0 aliphatic carbocycles. The minimum Gasteiger partial charge on any atom is -0.295 e. The van der Waals surface area contributed by atoms with Gasteiger partial charge < -0.3 is 0 Å². The third-order valence-corrected chi connectivity index (χ3v) is 8.89. The Morgan fingerprint density at radius 3 is 2.19 bits per heavy atom. The topological polar surface area (TPSA) is 104 Å². The molecule has 11 heteroatoms. The van der Waals surface area contributed by atoms with Crippen LogP contribution in [-0.4, -0.2) is 53.0 Å². The SMILES string of the molecule is O=C1CCS(=O)(=O)N1c1ccc(S(=O)(=O)NC[C@@H](c2ccc(F)cc2)N2CCCC2)cc1. The van der Waals surface area contributed by atoms with Crippen LogP contribution in [0, 0.1) is 5.82 Å². The summed E-state index contributed by atoms with van der Waals surface area (Å²) in [6.07, 6.45) is 1.94. The van der Waals surface area contributed by atoms with Gasteiger partial charge in [-0.25, -0.2) is 30.3 Å². The summed E-state index contributed by atoms with van der Waals surface area (Å²) >= 11 is 0. The van der Waals surface area contributed by atoms with Gasteiger partial charge in [-0.1, -0.05) is 12.1 Å². The van der Waals surface area contributed by atoms with E-state index in [9.17, 15) is 26.0 Å². The predicted octanol–water partition coefficient (Wildman–Crippen LogP) is 2.01. The van der Waals surface area contributed by atoms with Crippen molar-refractivity contribution in [3.8, 4) is 0 Å². The van der Waals surface area contributed by atoms with Gasteiger partial charge in [0.05, 0.1) is 16.3 Å². The third-order valence-electron chi connectivity index (χ3n) is 5.76. The van der Waals surface area contributed by atoms with Crippen molar-refractivity contribution in [3.63, 3.8) is 0 Å². The van der Waals surface area contributed by atoms with Crippen LogP contribution in [0.3, 0.4) is 0 Å². The largest absolute Gasteiger partial charge is 0.295 e. The molecule has 0 aromatic heterocycles. The summed E-state index contributed by atoms with van der Waals surface area (Å²) in [5.74, 6) is -1.14. The maximum atomic E-state index is 13.4. The second-order valence-electron chi connectivity index (χ2n) is 7.88. The zero-order valence-electron chi connectivity index (χ0n) is 17.3. The first kappa shape index (κ1) is 22.8. The molecule has 1 amide bonds. The normalized spacial score (nSPS) is 20.0. The molecule has 2 fully saturated rings. The quantitative estimate of drug-likeness (QED) is 0.649. The van der Waals surface area contributed by atoms with E-state index < -0.39 is 26.0 Å². The Hall–Kier alpha value is -2.34. The molecule has 2 heterocycles. The van der Waals surface area contributed by atoms with Gasteiger partial charge in [0.15, 0.2) is 0 Å². The fourth-order valence-electron chi connectivity index (χ4n) is 4.10. The van der Waals surface area contributed by atoms with E-state index in [0.29, 0.717) is 0 Å². The number of carbonyl (C=O) groups is 1. The van der Waals surface area contributed by atoms with E-state index in [-0.39, 0.29) is 41.2 Å². The number of rotatable bonds is 7. The Bertz CT molecular complexity index is 1190. The number of hydrogen-bond donors (Lipinski definition) is 1. The average molecular weight is 482 g/mol. The van der Waals surface area contributed by atoms with Crippen molar-refractivity contribution in [2.75, 3.05) is 29.7 Å². The van der Waals surface area contributed by atoms with Crippen molar-refractivity contribution in [3.05, 3.63) is 59.9 Å². The molecule has 0 bridgehead atoms. The summed E-state index contributed by atoms with van der Waals surface area (Å²) in [5.41, 5.74) is 0.941. The number of hydrogen-bond acceptors (Lipinski definition) is 6. The summed E-state index contributed by atoms with van der Waals surface area (Å²) in [5, 5.41) is 0. The van der Waals surface area contributed by atoms with Crippen molar-refractivity contribution in [1.29, 1.82) is 0 Å². The Labute approximate surface area is 187 Å². The highest BCUT2D eigenvalue weighted by Crippen LogP contribution is 2.28. The fraction of sp³-hybridized carbons (Fsp3) is 0.381. The molecular formula is C21H24FN3O5S2.